The summed E-state index contributed by atoms with van der Waals surface area (Å²) >= 11 is 0. The second-order valence-corrected chi connectivity index (χ2v) is 14.9. The van der Waals surface area contributed by atoms with Gasteiger partial charge in [-0.25, -0.2) is 0 Å². The van der Waals surface area contributed by atoms with Gasteiger partial charge in [-0.15, -0.1) is 0 Å². The van der Waals surface area contributed by atoms with Gasteiger partial charge < -0.3 is 45.4 Å². The molecule has 1 saturated heterocycles. The molecule has 0 saturated carbocycles. The number of hydrogen-bond donors (Lipinski definition) is 7. The fourth-order valence-corrected chi connectivity index (χ4v) is 6.84. The highest BCUT2D eigenvalue weighted by Crippen LogP contribution is 2.23. The minimum atomic E-state index is -1.60. The van der Waals surface area contributed by atoms with Gasteiger partial charge in [0.1, 0.15) is 30.5 Å². The lowest BCUT2D eigenvalue weighted by molar-refractivity contribution is -0.303. The van der Waals surface area contributed by atoms with Crippen molar-refractivity contribution in [1.29, 1.82) is 0 Å². The topological polar surface area (TPSA) is 169 Å². The SMILES string of the molecule is CCCCCCCCCCCCCCCCCC(=O)N[C@@H](CO[C@@H]1O[C@H](CO)[C@@H](O)C(O)C1O)[C@H](O)[C@H](O)CCCCCCCCCCCC. The fourth-order valence-electron chi connectivity index (χ4n) is 6.84. The normalized spacial score (nSPS) is 22.8. The van der Waals surface area contributed by atoms with Crippen molar-refractivity contribution in [1.82, 2.24) is 5.32 Å². The smallest absolute Gasteiger partial charge is 0.220 e. The maximum atomic E-state index is 12.9. The van der Waals surface area contributed by atoms with Crippen LogP contribution in [0, 0.1) is 0 Å². The van der Waals surface area contributed by atoms with E-state index in [9.17, 15) is 35.4 Å². The van der Waals surface area contributed by atoms with Crippen molar-refractivity contribution >= 4 is 5.91 Å². The average molecular weight is 718 g/mol. The number of nitrogens with one attached hydrogen (secondary N) is 1. The predicted molar refractivity (Wildman–Crippen MR) is 200 cm³/mol. The van der Waals surface area contributed by atoms with Crippen LogP contribution in [0.2, 0.25) is 0 Å². The number of amides is 1. The first-order valence-corrected chi connectivity index (χ1v) is 20.8. The predicted octanol–water partition coefficient (Wildman–Crippen LogP) is 6.58. The Labute approximate surface area is 305 Å². The molecule has 0 bridgehead atoms. The van der Waals surface area contributed by atoms with E-state index in [0.717, 1.165) is 51.4 Å². The van der Waals surface area contributed by atoms with Crippen molar-refractivity contribution in [3.8, 4) is 0 Å². The summed E-state index contributed by atoms with van der Waals surface area (Å²) in [7, 11) is 0. The Morgan fingerprint density at radius 2 is 1.04 bits per heavy atom. The minimum absolute atomic E-state index is 0.257. The lowest BCUT2D eigenvalue weighted by Gasteiger charge is -2.40. The van der Waals surface area contributed by atoms with Crippen molar-refractivity contribution < 1.29 is 44.9 Å². The van der Waals surface area contributed by atoms with Crippen LogP contribution in [0.15, 0.2) is 0 Å². The molecule has 0 aromatic heterocycles. The van der Waals surface area contributed by atoms with Gasteiger partial charge >= 0.3 is 0 Å². The van der Waals surface area contributed by atoms with Gasteiger partial charge in [0.15, 0.2) is 6.29 Å². The second kappa shape index (κ2) is 31.7. The molecule has 10 heteroatoms. The Morgan fingerprint density at radius 3 is 1.48 bits per heavy atom. The molecule has 7 N–H and O–H groups in total. The fraction of sp³-hybridized carbons (Fsp3) is 0.975. The molecule has 0 aromatic rings. The molecule has 0 spiro atoms. The highest BCUT2D eigenvalue weighted by atomic mass is 16.7. The van der Waals surface area contributed by atoms with Crippen molar-refractivity contribution in [2.45, 2.75) is 236 Å². The van der Waals surface area contributed by atoms with Gasteiger partial charge in [-0.2, -0.15) is 0 Å². The molecule has 0 radical (unpaired) electrons. The van der Waals surface area contributed by atoms with Gasteiger partial charge in [-0.05, 0) is 12.8 Å². The van der Waals surface area contributed by atoms with Crippen LogP contribution in [-0.4, -0.2) is 98.7 Å². The van der Waals surface area contributed by atoms with E-state index in [1.54, 1.807) is 0 Å². The number of aliphatic hydroxyl groups is 6. The standard InChI is InChI=1S/C40H79NO9/c1-3-5-7-9-11-13-15-16-17-18-19-21-23-25-27-29-35(44)41-32(31-49-40-39(48)38(47)37(46)34(30-42)50-40)36(45)33(43)28-26-24-22-20-14-12-10-8-6-4-2/h32-34,36-40,42-43,45-48H,3-31H2,1-2H3,(H,41,44)/t32-,33+,34+,36-,37+,38?,39?,40+/m0/s1. The van der Waals surface area contributed by atoms with E-state index in [2.05, 4.69) is 19.2 Å². The molecule has 298 valence electrons. The zero-order chi connectivity index (χ0) is 36.8. The van der Waals surface area contributed by atoms with E-state index < -0.39 is 55.6 Å². The van der Waals surface area contributed by atoms with Crippen molar-refractivity contribution in [3.05, 3.63) is 0 Å². The first-order chi connectivity index (χ1) is 24.3. The third-order valence-corrected chi connectivity index (χ3v) is 10.3. The van der Waals surface area contributed by atoms with Gasteiger partial charge in [0.05, 0.1) is 25.4 Å². The Hall–Kier alpha value is -0.850. The zero-order valence-electron chi connectivity index (χ0n) is 32.0. The van der Waals surface area contributed by atoms with Crippen molar-refractivity contribution in [2.75, 3.05) is 13.2 Å². The molecule has 1 aliphatic rings. The van der Waals surface area contributed by atoms with Gasteiger partial charge in [0.25, 0.3) is 0 Å². The highest BCUT2D eigenvalue weighted by molar-refractivity contribution is 5.76. The van der Waals surface area contributed by atoms with Gasteiger partial charge in [0, 0.05) is 6.42 Å². The van der Waals surface area contributed by atoms with Crippen LogP contribution in [0.3, 0.4) is 0 Å². The number of ether oxygens (including phenoxy) is 2. The molecule has 0 aromatic carbocycles. The van der Waals surface area contributed by atoms with Crippen molar-refractivity contribution in [3.63, 3.8) is 0 Å². The molecule has 1 rings (SSSR count). The molecule has 1 aliphatic heterocycles. The maximum Gasteiger partial charge on any atom is 0.220 e. The number of aliphatic hydroxyl groups excluding tert-OH is 6. The molecule has 8 atom stereocenters. The largest absolute Gasteiger partial charge is 0.394 e. The molecule has 1 amide bonds. The molecule has 1 heterocycles. The summed E-state index contributed by atoms with van der Waals surface area (Å²) in [5.41, 5.74) is 0. The summed E-state index contributed by atoms with van der Waals surface area (Å²) < 4.78 is 11.1. The molecular formula is C40H79NO9. The number of rotatable bonds is 34. The Morgan fingerprint density at radius 1 is 0.620 bits per heavy atom. The number of unbranched alkanes of at least 4 members (excludes halogenated alkanes) is 23. The Kier molecular flexibility index (Phi) is 29.9. The van der Waals surface area contributed by atoms with Crippen LogP contribution in [0.4, 0.5) is 0 Å². The summed E-state index contributed by atoms with van der Waals surface area (Å²) in [4.78, 5) is 12.9. The number of hydrogen-bond acceptors (Lipinski definition) is 9. The summed E-state index contributed by atoms with van der Waals surface area (Å²) in [6.45, 7) is 3.58. The first kappa shape index (κ1) is 47.2. The molecule has 0 aliphatic carbocycles. The van der Waals surface area contributed by atoms with Crippen LogP contribution in [0.1, 0.15) is 187 Å². The molecule has 50 heavy (non-hydrogen) atoms. The maximum absolute atomic E-state index is 12.9. The monoisotopic (exact) mass is 718 g/mol. The molecule has 10 nitrogen and oxygen atoms in total. The van der Waals surface area contributed by atoms with Crippen molar-refractivity contribution in [2.24, 2.45) is 0 Å². The van der Waals surface area contributed by atoms with E-state index in [1.165, 1.54) is 109 Å². The summed E-state index contributed by atoms with van der Waals surface area (Å²) in [6, 6.07) is -0.982. The first-order valence-electron chi connectivity index (χ1n) is 20.8. The summed E-state index contributed by atoms with van der Waals surface area (Å²) in [5, 5.41) is 64.8. The lowest BCUT2D eigenvalue weighted by atomic mass is 9.98. The van der Waals surface area contributed by atoms with E-state index in [4.69, 9.17) is 9.47 Å². The summed E-state index contributed by atoms with van der Waals surface area (Å²) in [5.74, 6) is -0.257. The number of carbonyl (C=O) groups is 1. The minimum Gasteiger partial charge on any atom is -0.394 e. The van der Waals surface area contributed by atoms with Crippen LogP contribution in [0.25, 0.3) is 0 Å². The van der Waals surface area contributed by atoms with Crippen LogP contribution < -0.4 is 5.32 Å². The Balaban J connectivity index is 2.43. The third-order valence-electron chi connectivity index (χ3n) is 10.3. The van der Waals surface area contributed by atoms with Gasteiger partial charge in [-0.3, -0.25) is 4.79 Å². The zero-order valence-corrected chi connectivity index (χ0v) is 32.0. The van der Waals surface area contributed by atoms with E-state index in [1.807, 2.05) is 0 Å². The Bertz CT molecular complexity index is 773. The van der Waals surface area contributed by atoms with Gasteiger partial charge in [0.2, 0.25) is 5.91 Å². The summed E-state index contributed by atoms with van der Waals surface area (Å²) in [6.07, 6.45) is 21.1. The molecular weight excluding hydrogens is 638 g/mol. The van der Waals surface area contributed by atoms with E-state index in [0.29, 0.717) is 6.42 Å². The average Bonchev–Trinajstić information content (AvgIpc) is 3.11. The van der Waals surface area contributed by atoms with Crippen LogP contribution in [-0.2, 0) is 14.3 Å². The molecule has 1 fully saturated rings. The lowest BCUT2D eigenvalue weighted by Crippen LogP contribution is -2.60. The third kappa shape index (κ3) is 22.3. The van der Waals surface area contributed by atoms with Crippen LogP contribution >= 0.6 is 0 Å². The van der Waals surface area contributed by atoms with Crippen LogP contribution in [0.5, 0.6) is 0 Å². The van der Waals surface area contributed by atoms with E-state index in [-0.39, 0.29) is 18.9 Å². The second-order valence-electron chi connectivity index (χ2n) is 14.9. The quantitative estimate of drug-likeness (QED) is 0.0364. The highest BCUT2D eigenvalue weighted by Gasteiger charge is 2.44. The number of carbonyl (C=O) groups excluding carboxylic acids is 1. The molecule has 2 unspecified atom stereocenters. The van der Waals surface area contributed by atoms with E-state index >= 15 is 0 Å². The van der Waals surface area contributed by atoms with Gasteiger partial charge in [-0.1, -0.05) is 168 Å².